The molecule has 0 atom stereocenters. The van der Waals surface area contributed by atoms with Gasteiger partial charge in [0.05, 0.1) is 0 Å². The third-order valence-corrected chi connectivity index (χ3v) is 3.11. The largest absolute Gasteiger partial charge is 0.333 e. The van der Waals surface area contributed by atoms with Crippen LogP contribution in [0.2, 0.25) is 0 Å². The lowest BCUT2D eigenvalue weighted by Gasteiger charge is -2.20. The summed E-state index contributed by atoms with van der Waals surface area (Å²) in [7, 11) is 1.92. The van der Waals surface area contributed by atoms with Crippen LogP contribution in [0.15, 0.2) is 59.5 Å². The van der Waals surface area contributed by atoms with Crippen LogP contribution >= 0.6 is 12.6 Å². The van der Waals surface area contributed by atoms with Crippen LogP contribution in [-0.4, -0.2) is 12.9 Å². The molecule has 2 aromatic rings. The normalized spacial score (nSPS) is 8.82. The molecule has 2 aromatic carbocycles. The van der Waals surface area contributed by atoms with Crippen LogP contribution in [0, 0.1) is 5.41 Å². The molecule has 0 saturated carbocycles. The maximum absolute atomic E-state index is 8.14. The summed E-state index contributed by atoms with van der Waals surface area (Å²) in [5.74, 6) is 0.570. The Morgan fingerprint density at radius 3 is 2.09 bits per heavy atom. The Labute approximate surface area is 141 Å². The number of likely N-dealkylation sites (N-methyl/N-ethyl adjacent to an activating group) is 1. The zero-order valence-corrected chi connectivity index (χ0v) is 15.2. The van der Waals surface area contributed by atoms with Gasteiger partial charge >= 0.3 is 0 Å². The van der Waals surface area contributed by atoms with Gasteiger partial charge in [0, 0.05) is 24.1 Å². The van der Waals surface area contributed by atoms with E-state index in [4.69, 9.17) is 5.41 Å². The van der Waals surface area contributed by atoms with Crippen LogP contribution in [-0.2, 0) is 6.42 Å². The number of hydrogen-bond acceptors (Lipinski definition) is 2. The molecule has 2 nitrogen and oxygen atoms in total. The molecular weight excluding hydrogens is 288 g/mol. The molecule has 0 aliphatic heterocycles. The minimum atomic E-state index is 0.570. The average Bonchev–Trinajstić information content (AvgIpc) is 2.58. The second-order valence-electron chi connectivity index (χ2n) is 4.19. The highest BCUT2D eigenvalue weighted by Gasteiger charge is 2.07. The highest BCUT2D eigenvalue weighted by atomic mass is 32.1. The summed E-state index contributed by atoms with van der Waals surface area (Å²) in [6.07, 6.45) is 0.611. The van der Waals surface area contributed by atoms with Gasteiger partial charge in [0.2, 0.25) is 0 Å². The van der Waals surface area contributed by atoms with E-state index in [2.05, 4.69) is 12.6 Å². The van der Waals surface area contributed by atoms with Crippen molar-refractivity contribution < 1.29 is 0 Å². The van der Waals surface area contributed by atoms with E-state index in [0.717, 1.165) is 16.1 Å². The van der Waals surface area contributed by atoms with Gasteiger partial charge < -0.3 is 4.90 Å². The third-order valence-electron chi connectivity index (χ3n) is 2.83. The first-order valence-electron chi connectivity index (χ1n) is 7.81. The Morgan fingerprint density at radius 2 is 1.55 bits per heavy atom. The van der Waals surface area contributed by atoms with Gasteiger partial charge in [-0.05, 0) is 29.8 Å². The zero-order chi connectivity index (χ0) is 17.0. The molecule has 120 valence electrons. The van der Waals surface area contributed by atoms with E-state index in [1.54, 1.807) is 0 Å². The molecule has 0 aliphatic carbocycles. The van der Waals surface area contributed by atoms with Crippen molar-refractivity contribution in [3.05, 3.63) is 60.2 Å². The van der Waals surface area contributed by atoms with Crippen LogP contribution in [0.1, 0.15) is 33.3 Å². The van der Waals surface area contributed by atoms with Crippen molar-refractivity contribution in [3.63, 3.8) is 0 Å². The van der Waals surface area contributed by atoms with Crippen molar-refractivity contribution in [2.45, 2.75) is 39.0 Å². The van der Waals surface area contributed by atoms with E-state index in [0.29, 0.717) is 12.3 Å². The molecule has 3 heteroatoms. The Morgan fingerprint density at radius 1 is 0.955 bits per heavy atom. The molecule has 0 spiro atoms. The minimum absolute atomic E-state index is 0.570. The zero-order valence-electron chi connectivity index (χ0n) is 14.3. The molecule has 1 N–H and O–H groups in total. The quantitative estimate of drug-likeness (QED) is 0.425. The first-order chi connectivity index (χ1) is 10.7. The van der Waals surface area contributed by atoms with Crippen molar-refractivity contribution in [1.82, 2.24) is 0 Å². The SMILES string of the molecule is CC.CC.CN(C(=N)Cc1cccc(S)c1)c1ccccc1. The van der Waals surface area contributed by atoms with Gasteiger partial charge in [-0.15, -0.1) is 12.6 Å². The highest BCUT2D eigenvalue weighted by molar-refractivity contribution is 7.80. The molecule has 0 amide bonds. The number of nitrogens with one attached hydrogen (secondary N) is 1. The minimum Gasteiger partial charge on any atom is -0.333 e. The first-order valence-corrected chi connectivity index (χ1v) is 8.25. The molecule has 0 heterocycles. The lowest BCUT2D eigenvalue weighted by Crippen LogP contribution is -2.27. The molecular formula is C19H28N2S. The van der Waals surface area contributed by atoms with Gasteiger partial charge in [-0.3, -0.25) is 5.41 Å². The molecule has 0 aromatic heterocycles. The number of benzene rings is 2. The smallest absolute Gasteiger partial charge is 0.104 e. The Kier molecular flexibility index (Phi) is 10.9. The lowest BCUT2D eigenvalue weighted by atomic mass is 10.1. The topological polar surface area (TPSA) is 27.1 Å². The number of hydrogen-bond donors (Lipinski definition) is 2. The summed E-state index contributed by atoms with van der Waals surface area (Å²) in [6, 6.07) is 17.9. The molecule has 0 fully saturated rings. The molecule has 22 heavy (non-hydrogen) atoms. The van der Waals surface area contributed by atoms with Crippen LogP contribution < -0.4 is 4.90 Å². The number of nitrogens with zero attached hydrogens (tertiary/aromatic N) is 1. The second kappa shape index (κ2) is 11.9. The Hall–Kier alpha value is -1.74. The molecule has 0 aliphatic rings. The second-order valence-corrected chi connectivity index (χ2v) is 4.70. The van der Waals surface area contributed by atoms with E-state index in [1.165, 1.54) is 0 Å². The van der Waals surface area contributed by atoms with E-state index in [9.17, 15) is 0 Å². The highest BCUT2D eigenvalue weighted by Crippen LogP contribution is 2.14. The van der Waals surface area contributed by atoms with Crippen LogP contribution in [0.3, 0.4) is 0 Å². The van der Waals surface area contributed by atoms with Crippen molar-refractivity contribution in [3.8, 4) is 0 Å². The molecule has 0 saturated heterocycles. The number of amidine groups is 1. The van der Waals surface area contributed by atoms with Gasteiger partial charge in [-0.1, -0.05) is 58.0 Å². The predicted molar refractivity (Wildman–Crippen MR) is 103 cm³/mol. The van der Waals surface area contributed by atoms with Gasteiger partial charge in [0.15, 0.2) is 0 Å². The van der Waals surface area contributed by atoms with Crippen molar-refractivity contribution in [2.24, 2.45) is 0 Å². The fourth-order valence-electron chi connectivity index (χ4n) is 1.79. The van der Waals surface area contributed by atoms with Crippen molar-refractivity contribution in [1.29, 1.82) is 5.41 Å². The van der Waals surface area contributed by atoms with Gasteiger partial charge in [0.1, 0.15) is 5.84 Å². The third kappa shape index (κ3) is 6.81. The number of anilines is 1. The molecule has 0 bridgehead atoms. The standard InChI is InChI=1S/C15H16N2S.2C2H6/c1-17(13-7-3-2-4-8-13)15(16)11-12-6-5-9-14(18)10-12;2*1-2/h2-10,16,18H,11H2,1H3;2*1-2H3. The maximum atomic E-state index is 8.14. The summed E-state index contributed by atoms with van der Waals surface area (Å²) in [6.45, 7) is 8.00. The van der Waals surface area contributed by atoms with Crippen molar-refractivity contribution in [2.75, 3.05) is 11.9 Å². The van der Waals surface area contributed by atoms with Gasteiger partial charge in [-0.2, -0.15) is 0 Å². The predicted octanol–water partition coefficient (Wildman–Crippen LogP) is 5.68. The van der Waals surface area contributed by atoms with E-state index in [-0.39, 0.29) is 0 Å². The summed E-state index contributed by atoms with van der Waals surface area (Å²) < 4.78 is 0. The number of rotatable bonds is 3. The molecule has 0 radical (unpaired) electrons. The maximum Gasteiger partial charge on any atom is 0.104 e. The van der Waals surface area contributed by atoms with Gasteiger partial charge in [0.25, 0.3) is 0 Å². The summed E-state index contributed by atoms with van der Waals surface area (Å²) in [5, 5.41) is 8.14. The monoisotopic (exact) mass is 316 g/mol. The average molecular weight is 317 g/mol. The van der Waals surface area contributed by atoms with Crippen molar-refractivity contribution >= 4 is 24.2 Å². The lowest BCUT2D eigenvalue weighted by molar-refractivity contribution is 1.14. The van der Waals surface area contributed by atoms with Crippen LogP contribution in [0.25, 0.3) is 0 Å². The van der Waals surface area contributed by atoms with Crippen LogP contribution in [0.5, 0.6) is 0 Å². The fraction of sp³-hybridized carbons (Fsp3) is 0.316. The van der Waals surface area contributed by atoms with E-state index >= 15 is 0 Å². The fourth-order valence-corrected chi connectivity index (χ4v) is 2.04. The Balaban J connectivity index is 0.00000102. The molecule has 0 unspecified atom stereocenters. The molecule has 2 rings (SSSR count). The van der Waals surface area contributed by atoms with Gasteiger partial charge in [-0.25, -0.2) is 0 Å². The first kappa shape index (κ1) is 20.3. The number of thiol groups is 1. The summed E-state index contributed by atoms with van der Waals surface area (Å²) in [5.41, 5.74) is 2.14. The van der Waals surface area contributed by atoms with Crippen LogP contribution in [0.4, 0.5) is 5.69 Å². The summed E-state index contributed by atoms with van der Waals surface area (Å²) >= 11 is 4.31. The Bertz CT molecular complexity index is 538. The van der Waals surface area contributed by atoms with E-state index in [1.807, 2.05) is 94.2 Å². The number of para-hydroxylation sites is 1. The summed E-state index contributed by atoms with van der Waals surface area (Å²) in [4.78, 5) is 2.83. The van der Waals surface area contributed by atoms with E-state index < -0.39 is 0 Å².